The summed E-state index contributed by atoms with van der Waals surface area (Å²) in [7, 11) is 0. The Hall–Kier alpha value is -1.99. The summed E-state index contributed by atoms with van der Waals surface area (Å²) < 4.78 is 0.950. The highest BCUT2D eigenvalue weighted by Crippen LogP contribution is 2.26. The number of nitrogens with zero attached hydrogens (tertiary/aromatic N) is 1. The quantitative estimate of drug-likeness (QED) is 0.829. The van der Waals surface area contributed by atoms with Crippen molar-refractivity contribution in [3.05, 3.63) is 52.5 Å². The summed E-state index contributed by atoms with van der Waals surface area (Å²) in [6.45, 7) is 0. The van der Waals surface area contributed by atoms with Crippen LogP contribution in [0.4, 0.5) is 17.1 Å². The van der Waals surface area contributed by atoms with E-state index >= 15 is 0 Å². The smallest absolute Gasteiger partial charge is 0.0992 e. The molecule has 3 nitrogen and oxygen atoms in total. The van der Waals surface area contributed by atoms with Crippen LogP contribution in [0.15, 0.2) is 46.9 Å². The highest BCUT2D eigenvalue weighted by Gasteiger charge is 2.01. The van der Waals surface area contributed by atoms with Crippen molar-refractivity contribution in [2.24, 2.45) is 0 Å². The van der Waals surface area contributed by atoms with Gasteiger partial charge in [0.25, 0.3) is 0 Å². The van der Waals surface area contributed by atoms with Crippen LogP contribution in [-0.2, 0) is 0 Å². The van der Waals surface area contributed by atoms with E-state index < -0.39 is 0 Å². The zero-order chi connectivity index (χ0) is 12.3. The van der Waals surface area contributed by atoms with Crippen molar-refractivity contribution in [3.63, 3.8) is 0 Å². The lowest BCUT2D eigenvalue weighted by atomic mass is 10.2. The van der Waals surface area contributed by atoms with Gasteiger partial charge in [-0.3, -0.25) is 0 Å². The van der Waals surface area contributed by atoms with E-state index in [-0.39, 0.29) is 0 Å². The maximum absolute atomic E-state index is 8.82. The fourth-order valence-electron chi connectivity index (χ4n) is 1.46. The summed E-state index contributed by atoms with van der Waals surface area (Å²) in [5.41, 5.74) is 8.79. The Morgan fingerprint density at radius 1 is 1.18 bits per heavy atom. The Labute approximate surface area is 108 Å². The first-order chi connectivity index (χ1) is 8.19. The highest BCUT2D eigenvalue weighted by molar-refractivity contribution is 9.10. The van der Waals surface area contributed by atoms with E-state index in [1.54, 1.807) is 12.1 Å². The molecule has 0 heterocycles. The maximum Gasteiger partial charge on any atom is 0.0992 e. The van der Waals surface area contributed by atoms with Crippen LogP contribution in [0, 0.1) is 11.3 Å². The lowest BCUT2D eigenvalue weighted by Gasteiger charge is -2.09. The molecule has 0 aromatic heterocycles. The molecule has 2 aromatic rings. The van der Waals surface area contributed by atoms with E-state index in [9.17, 15) is 0 Å². The predicted octanol–water partition coefficient (Wildman–Crippen LogP) is 3.65. The van der Waals surface area contributed by atoms with E-state index in [2.05, 4.69) is 27.3 Å². The molecule has 0 amide bonds. The third-order valence-corrected chi connectivity index (χ3v) is 2.78. The van der Waals surface area contributed by atoms with E-state index in [1.165, 1.54) is 0 Å². The molecular formula is C13H10BrN3. The zero-order valence-electron chi connectivity index (χ0n) is 8.94. The molecule has 0 radical (unpaired) electrons. The number of nitrogens with two attached hydrogens (primary N) is 1. The number of nitriles is 1. The summed E-state index contributed by atoms with van der Waals surface area (Å²) in [6, 6.07) is 15.0. The molecule has 0 spiro atoms. The molecule has 17 heavy (non-hydrogen) atoms. The van der Waals surface area contributed by atoms with Crippen molar-refractivity contribution >= 4 is 33.0 Å². The fourth-order valence-corrected chi connectivity index (χ4v) is 1.82. The maximum atomic E-state index is 8.82. The van der Waals surface area contributed by atoms with Gasteiger partial charge < -0.3 is 11.1 Å². The fraction of sp³-hybridized carbons (Fsp3) is 0. The molecule has 0 unspecified atom stereocenters. The third-order valence-electron chi connectivity index (χ3n) is 2.29. The van der Waals surface area contributed by atoms with Crippen LogP contribution in [0.5, 0.6) is 0 Å². The van der Waals surface area contributed by atoms with Crippen molar-refractivity contribution in [1.82, 2.24) is 0 Å². The summed E-state index contributed by atoms with van der Waals surface area (Å²) in [6.07, 6.45) is 0. The van der Waals surface area contributed by atoms with Gasteiger partial charge in [-0.25, -0.2) is 0 Å². The molecular weight excluding hydrogens is 278 g/mol. The van der Waals surface area contributed by atoms with E-state index in [1.807, 2.05) is 30.3 Å². The van der Waals surface area contributed by atoms with Crippen molar-refractivity contribution in [1.29, 1.82) is 5.26 Å². The third kappa shape index (κ3) is 2.77. The largest absolute Gasteiger partial charge is 0.397 e. The molecule has 0 aliphatic rings. The first-order valence-corrected chi connectivity index (χ1v) is 5.80. The van der Waals surface area contributed by atoms with Gasteiger partial charge in [-0.15, -0.1) is 0 Å². The van der Waals surface area contributed by atoms with E-state index in [0.717, 1.165) is 15.8 Å². The van der Waals surface area contributed by atoms with Crippen molar-refractivity contribution < 1.29 is 0 Å². The minimum Gasteiger partial charge on any atom is -0.397 e. The number of hydrogen-bond donors (Lipinski definition) is 2. The molecule has 3 N–H and O–H groups in total. The molecule has 0 saturated heterocycles. The standard InChI is InChI=1S/C13H10BrN3/c14-10-4-5-12(16)13(7-10)17-11-3-1-2-9(6-11)8-15/h1-7,17H,16H2. The number of halogens is 1. The minimum absolute atomic E-state index is 0.614. The lowest BCUT2D eigenvalue weighted by molar-refractivity contribution is 1.47. The monoisotopic (exact) mass is 287 g/mol. The van der Waals surface area contributed by atoms with E-state index in [4.69, 9.17) is 11.0 Å². The zero-order valence-corrected chi connectivity index (χ0v) is 10.5. The number of nitrogen functional groups attached to an aromatic ring is 1. The van der Waals surface area contributed by atoms with Gasteiger partial charge in [0.15, 0.2) is 0 Å². The Balaban J connectivity index is 2.31. The van der Waals surface area contributed by atoms with Gasteiger partial charge in [-0.2, -0.15) is 5.26 Å². The van der Waals surface area contributed by atoms with Crippen LogP contribution >= 0.6 is 15.9 Å². The Morgan fingerprint density at radius 2 is 2.00 bits per heavy atom. The number of anilines is 3. The van der Waals surface area contributed by atoms with Crippen molar-refractivity contribution in [2.75, 3.05) is 11.1 Å². The Kier molecular flexibility index (Phi) is 3.31. The molecule has 2 aromatic carbocycles. The van der Waals surface area contributed by atoms with Gasteiger partial charge in [-0.1, -0.05) is 22.0 Å². The van der Waals surface area contributed by atoms with Crippen LogP contribution in [0.25, 0.3) is 0 Å². The number of hydrogen-bond acceptors (Lipinski definition) is 3. The molecule has 0 bridgehead atoms. The van der Waals surface area contributed by atoms with E-state index in [0.29, 0.717) is 11.3 Å². The van der Waals surface area contributed by atoms with Crippen LogP contribution in [0.1, 0.15) is 5.56 Å². The number of rotatable bonds is 2. The van der Waals surface area contributed by atoms with Crippen LogP contribution in [0.2, 0.25) is 0 Å². The summed E-state index contributed by atoms with van der Waals surface area (Å²) in [4.78, 5) is 0. The highest BCUT2D eigenvalue weighted by atomic mass is 79.9. The molecule has 84 valence electrons. The topological polar surface area (TPSA) is 61.8 Å². The SMILES string of the molecule is N#Cc1cccc(Nc2cc(Br)ccc2N)c1. The summed E-state index contributed by atoms with van der Waals surface area (Å²) >= 11 is 3.39. The van der Waals surface area contributed by atoms with Gasteiger partial charge >= 0.3 is 0 Å². The first kappa shape index (κ1) is 11.5. The Bertz CT molecular complexity index is 587. The van der Waals surface area contributed by atoms with Crippen molar-refractivity contribution in [2.45, 2.75) is 0 Å². The van der Waals surface area contributed by atoms with Crippen LogP contribution in [0.3, 0.4) is 0 Å². The summed E-state index contributed by atoms with van der Waals surface area (Å²) in [5.74, 6) is 0. The molecule has 4 heteroatoms. The van der Waals surface area contributed by atoms with Gasteiger partial charge in [0.2, 0.25) is 0 Å². The number of nitrogens with one attached hydrogen (secondary N) is 1. The average molecular weight is 288 g/mol. The van der Waals surface area contributed by atoms with Gasteiger partial charge in [0.05, 0.1) is 23.0 Å². The van der Waals surface area contributed by atoms with Crippen LogP contribution < -0.4 is 11.1 Å². The second kappa shape index (κ2) is 4.89. The first-order valence-electron chi connectivity index (χ1n) is 5.01. The second-order valence-electron chi connectivity index (χ2n) is 3.55. The Morgan fingerprint density at radius 3 is 2.76 bits per heavy atom. The lowest BCUT2D eigenvalue weighted by Crippen LogP contribution is -1.96. The molecule has 0 fully saturated rings. The van der Waals surface area contributed by atoms with Gasteiger partial charge in [-0.05, 0) is 36.4 Å². The average Bonchev–Trinajstić information content (AvgIpc) is 2.34. The molecule has 0 saturated carbocycles. The van der Waals surface area contributed by atoms with Gasteiger partial charge in [0, 0.05) is 10.2 Å². The molecule has 2 rings (SSSR count). The van der Waals surface area contributed by atoms with Crippen molar-refractivity contribution in [3.8, 4) is 6.07 Å². The summed E-state index contributed by atoms with van der Waals surface area (Å²) in [5, 5.41) is 12.0. The molecule has 0 atom stereocenters. The molecule has 0 aliphatic carbocycles. The van der Waals surface area contributed by atoms with Crippen LogP contribution in [-0.4, -0.2) is 0 Å². The second-order valence-corrected chi connectivity index (χ2v) is 4.46. The normalized spacial score (nSPS) is 9.65. The minimum atomic E-state index is 0.614. The van der Waals surface area contributed by atoms with Gasteiger partial charge in [0.1, 0.15) is 0 Å². The predicted molar refractivity (Wildman–Crippen MR) is 73.0 cm³/mol. The number of benzene rings is 2. The molecule has 0 aliphatic heterocycles.